The van der Waals surface area contributed by atoms with Gasteiger partial charge >= 0.3 is 6.18 Å². The van der Waals surface area contributed by atoms with E-state index in [1.165, 1.54) is 6.92 Å². The van der Waals surface area contributed by atoms with Gasteiger partial charge < -0.3 is 14.8 Å². The third-order valence-corrected chi connectivity index (χ3v) is 3.09. The summed E-state index contributed by atoms with van der Waals surface area (Å²) in [6.07, 6.45) is -3.93. The van der Waals surface area contributed by atoms with Crippen LogP contribution in [0.3, 0.4) is 0 Å². The second-order valence-electron chi connectivity index (χ2n) is 5.32. The Kier molecular flexibility index (Phi) is 5.84. The predicted molar refractivity (Wildman–Crippen MR) is 84.5 cm³/mol. The maximum atomic E-state index is 12.5. The van der Waals surface area contributed by atoms with Crippen molar-refractivity contribution in [3.05, 3.63) is 48.2 Å². The number of alkyl halides is 3. The smallest absolute Gasteiger partial charge is 0.417 e. The summed E-state index contributed by atoms with van der Waals surface area (Å²) >= 11 is 0. The number of hydrogen-bond acceptors (Lipinski definition) is 4. The summed E-state index contributed by atoms with van der Waals surface area (Å²) in [5, 5.41) is 2.65. The quantitative estimate of drug-likeness (QED) is 0.857. The fourth-order valence-corrected chi connectivity index (χ4v) is 1.88. The average molecular weight is 354 g/mol. The van der Waals surface area contributed by atoms with Gasteiger partial charge in [-0.1, -0.05) is 0 Å². The van der Waals surface area contributed by atoms with E-state index >= 15 is 0 Å². The Balaban J connectivity index is 1.92. The molecule has 1 amide bonds. The lowest BCUT2D eigenvalue weighted by molar-refractivity contribution is -0.137. The van der Waals surface area contributed by atoms with Gasteiger partial charge in [-0.15, -0.1) is 0 Å². The van der Waals surface area contributed by atoms with Crippen LogP contribution in [0.2, 0.25) is 0 Å². The molecule has 1 heterocycles. The Labute approximate surface area is 142 Å². The van der Waals surface area contributed by atoms with Gasteiger partial charge in [-0.2, -0.15) is 13.2 Å². The van der Waals surface area contributed by atoms with E-state index in [4.69, 9.17) is 9.47 Å². The summed E-state index contributed by atoms with van der Waals surface area (Å²) in [5.41, 5.74) is -0.836. The van der Waals surface area contributed by atoms with Crippen molar-refractivity contribution in [1.82, 2.24) is 10.3 Å². The Hall–Kier alpha value is -2.77. The summed E-state index contributed by atoms with van der Waals surface area (Å²) in [6, 6.07) is 8.60. The van der Waals surface area contributed by atoms with Crippen LogP contribution >= 0.6 is 0 Å². The zero-order chi connectivity index (χ0) is 18.4. The fourth-order valence-electron chi connectivity index (χ4n) is 1.88. The maximum absolute atomic E-state index is 12.5. The second-order valence-corrected chi connectivity index (χ2v) is 5.32. The van der Waals surface area contributed by atoms with E-state index in [1.807, 2.05) is 6.92 Å². The van der Waals surface area contributed by atoms with Gasteiger partial charge in [0.25, 0.3) is 0 Å². The monoisotopic (exact) mass is 354 g/mol. The number of nitrogens with zero attached hydrogens (tertiary/aromatic N) is 1. The predicted octanol–water partition coefficient (Wildman–Crippen LogP) is 3.80. The Morgan fingerprint density at radius 1 is 1.16 bits per heavy atom. The van der Waals surface area contributed by atoms with E-state index in [9.17, 15) is 18.0 Å². The highest BCUT2D eigenvalue weighted by Gasteiger charge is 2.30. The Morgan fingerprint density at radius 3 is 2.32 bits per heavy atom. The first-order chi connectivity index (χ1) is 11.7. The number of rotatable bonds is 6. The zero-order valence-corrected chi connectivity index (χ0v) is 13.6. The van der Waals surface area contributed by atoms with Crippen molar-refractivity contribution in [3.8, 4) is 17.4 Å². The van der Waals surface area contributed by atoms with Crippen LogP contribution in [0.15, 0.2) is 42.6 Å². The van der Waals surface area contributed by atoms with Crippen LogP contribution < -0.4 is 14.8 Å². The third-order valence-electron chi connectivity index (χ3n) is 3.09. The van der Waals surface area contributed by atoms with Crippen molar-refractivity contribution in [2.45, 2.75) is 26.1 Å². The molecule has 0 radical (unpaired) electrons. The van der Waals surface area contributed by atoms with E-state index in [0.29, 0.717) is 18.0 Å². The maximum Gasteiger partial charge on any atom is 0.417 e. The summed E-state index contributed by atoms with van der Waals surface area (Å²) in [6.45, 7) is 3.61. The standard InChI is InChI=1S/C17H17F3N2O3/c1-11(9-21-12(2)23)24-14-4-6-15(7-5-14)25-16-8-3-13(10-22-16)17(18,19)20/h3-8,10-11H,9H2,1-2H3,(H,21,23). The van der Waals surface area contributed by atoms with Crippen molar-refractivity contribution in [3.63, 3.8) is 0 Å². The Morgan fingerprint density at radius 2 is 1.80 bits per heavy atom. The lowest BCUT2D eigenvalue weighted by Crippen LogP contribution is -2.31. The zero-order valence-electron chi connectivity index (χ0n) is 13.6. The van der Waals surface area contributed by atoms with E-state index in [1.54, 1.807) is 24.3 Å². The van der Waals surface area contributed by atoms with Gasteiger partial charge in [-0.3, -0.25) is 4.79 Å². The summed E-state index contributed by atoms with van der Waals surface area (Å²) < 4.78 is 48.4. The lowest BCUT2D eigenvalue weighted by atomic mass is 10.3. The average Bonchev–Trinajstić information content (AvgIpc) is 2.54. The molecule has 8 heteroatoms. The fraction of sp³-hybridized carbons (Fsp3) is 0.294. The molecule has 0 saturated heterocycles. The normalized spacial score (nSPS) is 12.4. The minimum atomic E-state index is -4.43. The van der Waals surface area contributed by atoms with Crippen LogP contribution in [0.25, 0.3) is 0 Å². The number of amides is 1. The van der Waals surface area contributed by atoms with Crippen molar-refractivity contribution in [2.75, 3.05) is 6.54 Å². The minimum Gasteiger partial charge on any atom is -0.489 e. The summed E-state index contributed by atoms with van der Waals surface area (Å²) in [5.74, 6) is 0.906. The van der Waals surface area contributed by atoms with Gasteiger partial charge in [0, 0.05) is 19.2 Å². The van der Waals surface area contributed by atoms with Gasteiger partial charge in [-0.05, 0) is 37.3 Å². The number of benzene rings is 1. The number of hydrogen-bond donors (Lipinski definition) is 1. The van der Waals surface area contributed by atoms with Crippen LogP contribution in [0.4, 0.5) is 13.2 Å². The van der Waals surface area contributed by atoms with Crippen molar-refractivity contribution in [1.29, 1.82) is 0 Å². The molecule has 5 nitrogen and oxygen atoms in total. The number of halogens is 3. The summed E-state index contributed by atoms with van der Waals surface area (Å²) in [7, 11) is 0. The molecule has 134 valence electrons. The van der Waals surface area contributed by atoms with Crippen molar-refractivity contribution < 1.29 is 27.4 Å². The molecule has 0 bridgehead atoms. The molecule has 1 aromatic carbocycles. The number of nitrogens with one attached hydrogen (secondary N) is 1. The second kappa shape index (κ2) is 7.87. The number of pyridine rings is 1. The Bertz CT molecular complexity index is 701. The first-order valence-corrected chi connectivity index (χ1v) is 7.46. The topological polar surface area (TPSA) is 60.5 Å². The van der Waals surface area contributed by atoms with Gasteiger partial charge in [0.15, 0.2) is 0 Å². The van der Waals surface area contributed by atoms with Crippen LogP contribution in [0.5, 0.6) is 17.4 Å². The first-order valence-electron chi connectivity index (χ1n) is 7.46. The van der Waals surface area contributed by atoms with Gasteiger partial charge in [0.1, 0.15) is 17.6 Å². The van der Waals surface area contributed by atoms with E-state index in [2.05, 4.69) is 10.3 Å². The number of carbonyl (C=O) groups is 1. The van der Waals surface area contributed by atoms with Crippen LogP contribution in [0.1, 0.15) is 19.4 Å². The van der Waals surface area contributed by atoms with E-state index in [0.717, 1.165) is 18.3 Å². The van der Waals surface area contributed by atoms with Crippen LogP contribution in [-0.2, 0) is 11.0 Å². The first kappa shape index (κ1) is 18.6. The molecule has 0 fully saturated rings. The van der Waals surface area contributed by atoms with Crippen LogP contribution in [-0.4, -0.2) is 23.5 Å². The molecule has 1 atom stereocenters. The molecular formula is C17H17F3N2O3. The molecule has 1 unspecified atom stereocenters. The molecule has 2 rings (SSSR count). The highest BCUT2D eigenvalue weighted by Crippen LogP contribution is 2.30. The number of carbonyl (C=O) groups excluding carboxylic acids is 1. The minimum absolute atomic E-state index is 0.0562. The molecule has 0 aliphatic heterocycles. The van der Waals surface area contributed by atoms with E-state index in [-0.39, 0.29) is 17.9 Å². The molecule has 1 N–H and O–H groups in total. The van der Waals surface area contributed by atoms with Crippen LogP contribution in [0, 0.1) is 0 Å². The molecule has 0 saturated carbocycles. The largest absolute Gasteiger partial charge is 0.489 e. The highest BCUT2D eigenvalue weighted by molar-refractivity contribution is 5.72. The van der Waals surface area contributed by atoms with Crippen molar-refractivity contribution in [2.24, 2.45) is 0 Å². The highest BCUT2D eigenvalue weighted by atomic mass is 19.4. The SMILES string of the molecule is CC(=O)NCC(C)Oc1ccc(Oc2ccc(C(F)(F)F)cn2)cc1. The molecule has 1 aromatic heterocycles. The van der Waals surface area contributed by atoms with Gasteiger partial charge in [0.05, 0.1) is 12.1 Å². The lowest BCUT2D eigenvalue weighted by Gasteiger charge is -2.15. The molecule has 0 aliphatic carbocycles. The molecular weight excluding hydrogens is 337 g/mol. The van der Waals surface area contributed by atoms with E-state index < -0.39 is 11.7 Å². The molecule has 25 heavy (non-hydrogen) atoms. The molecule has 2 aromatic rings. The van der Waals surface area contributed by atoms with Crippen molar-refractivity contribution >= 4 is 5.91 Å². The molecule has 0 spiro atoms. The number of aromatic nitrogens is 1. The van der Waals surface area contributed by atoms with Gasteiger partial charge in [-0.25, -0.2) is 4.98 Å². The summed E-state index contributed by atoms with van der Waals surface area (Å²) in [4.78, 5) is 14.5. The third kappa shape index (κ3) is 5.98. The van der Waals surface area contributed by atoms with Gasteiger partial charge in [0.2, 0.25) is 11.8 Å². The molecule has 0 aliphatic rings. The number of ether oxygens (including phenoxy) is 2.